The van der Waals surface area contributed by atoms with E-state index in [1.807, 2.05) is 0 Å². The van der Waals surface area contributed by atoms with Gasteiger partial charge in [-0.25, -0.2) is 4.98 Å². The summed E-state index contributed by atoms with van der Waals surface area (Å²) in [6, 6.07) is 12.7. The number of rotatable bonds is 5. The molecule has 20 heavy (non-hydrogen) atoms. The Morgan fingerprint density at radius 2 is 1.95 bits per heavy atom. The third-order valence-corrected chi connectivity index (χ3v) is 3.48. The van der Waals surface area contributed by atoms with E-state index in [2.05, 4.69) is 74.4 Å². The van der Waals surface area contributed by atoms with Crippen LogP contribution in [-0.2, 0) is 6.54 Å². The molecule has 0 unspecified atom stereocenters. The molecule has 0 saturated carbocycles. The Morgan fingerprint density at radius 3 is 2.60 bits per heavy atom. The van der Waals surface area contributed by atoms with Gasteiger partial charge in [0.2, 0.25) is 0 Å². The van der Waals surface area contributed by atoms with Crippen LogP contribution >= 0.6 is 0 Å². The number of nitrogens with one attached hydrogen (secondary N) is 1. The third kappa shape index (κ3) is 3.36. The topological polar surface area (TPSA) is 28.2 Å². The highest BCUT2D eigenvalue weighted by Crippen LogP contribution is 2.23. The molecule has 0 radical (unpaired) electrons. The molecule has 0 spiro atoms. The smallest absolute Gasteiger partial charge is 0.132 e. The Balaban J connectivity index is 2.22. The fraction of sp³-hybridized carbons (Fsp3) is 0.353. The van der Waals surface area contributed by atoms with Crippen LogP contribution in [0.3, 0.4) is 0 Å². The minimum atomic E-state index is 0.879. The number of aryl methyl sites for hydroxylation is 2. The number of aromatic nitrogens is 1. The maximum absolute atomic E-state index is 4.72. The monoisotopic (exact) mass is 269 g/mol. The van der Waals surface area contributed by atoms with Gasteiger partial charge in [-0.2, -0.15) is 0 Å². The first-order valence-corrected chi connectivity index (χ1v) is 7.09. The van der Waals surface area contributed by atoms with Crippen LogP contribution in [0.5, 0.6) is 0 Å². The molecule has 0 bridgehead atoms. The van der Waals surface area contributed by atoms with Gasteiger partial charge in [0.1, 0.15) is 5.82 Å². The lowest BCUT2D eigenvalue weighted by Crippen LogP contribution is -2.15. The maximum Gasteiger partial charge on any atom is 0.132 e. The zero-order valence-corrected chi connectivity index (χ0v) is 12.8. The summed E-state index contributed by atoms with van der Waals surface area (Å²) in [6.45, 7) is 8.15. The molecule has 0 aliphatic rings. The highest BCUT2D eigenvalue weighted by atomic mass is 15.2. The van der Waals surface area contributed by atoms with Gasteiger partial charge >= 0.3 is 0 Å². The normalized spacial score (nSPS) is 10.6. The summed E-state index contributed by atoms with van der Waals surface area (Å²) in [4.78, 5) is 6.84. The van der Waals surface area contributed by atoms with Crippen LogP contribution in [0.1, 0.15) is 23.7 Å². The van der Waals surface area contributed by atoms with E-state index in [0.717, 1.165) is 30.3 Å². The van der Waals surface area contributed by atoms with Crippen LogP contribution in [0.25, 0.3) is 0 Å². The second-order valence-corrected chi connectivity index (χ2v) is 5.09. The fourth-order valence-electron chi connectivity index (χ4n) is 2.18. The van der Waals surface area contributed by atoms with Gasteiger partial charge in [0.05, 0.1) is 0 Å². The number of hydrogen-bond acceptors (Lipinski definition) is 3. The van der Waals surface area contributed by atoms with Crippen LogP contribution in [0, 0.1) is 13.8 Å². The summed E-state index contributed by atoms with van der Waals surface area (Å²) in [6.07, 6.45) is 0. The summed E-state index contributed by atoms with van der Waals surface area (Å²) in [7, 11) is 2.06. The lowest BCUT2D eigenvalue weighted by Gasteiger charge is -2.20. The molecule has 106 valence electrons. The molecule has 0 amide bonds. The predicted molar refractivity (Wildman–Crippen MR) is 85.6 cm³/mol. The molecule has 2 aromatic rings. The number of pyridine rings is 1. The molecule has 3 nitrogen and oxygen atoms in total. The first-order valence-electron chi connectivity index (χ1n) is 7.09. The van der Waals surface area contributed by atoms with E-state index in [9.17, 15) is 0 Å². The van der Waals surface area contributed by atoms with Gasteiger partial charge in [0.15, 0.2) is 0 Å². The minimum Gasteiger partial charge on any atom is -0.329 e. The molecular weight excluding hydrogens is 246 g/mol. The van der Waals surface area contributed by atoms with Crippen molar-refractivity contribution >= 4 is 11.5 Å². The van der Waals surface area contributed by atoms with E-state index in [-0.39, 0.29) is 0 Å². The van der Waals surface area contributed by atoms with Crippen molar-refractivity contribution in [1.82, 2.24) is 10.3 Å². The average Bonchev–Trinajstić information content (AvgIpc) is 2.45. The van der Waals surface area contributed by atoms with E-state index in [4.69, 9.17) is 4.98 Å². The second-order valence-electron chi connectivity index (χ2n) is 5.09. The van der Waals surface area contributed by atoms with Crippen molar-refractivity contribution in [3.05, 3.63) is 53.2 Å². The SMILES string of the molecule is CCNCc1ccc(N(C)c2cccc(C)c2)nc1C. The van der Waals surface area contributed by atoms with Crippen molar-refractivity contribution < 1.29 is 0 Å². The number of nitrogens with zero attached hydrogens (tertiary/aromatic N) is 2. The first kappa shape index (κ1) is 14.5. The summed E-state index contributed by atoms with van der Waals surface area (Å²) < 4.78 is 0. The van der Waals surface area contributed by atoms with Crippen LogP contribution in [0.15, 0.2) is 36.4 Å². The van der Waals surface area contributed by atoms with E-state index >= 15 is 0 Å². The highest BCUT2D eigenvalue weighted by Gasteiger charge is 2.07. The highest BCUT2D eigenvalue weighted by molar-refractivity contribution is 5.60. The van der Waals surface area contributed by atoms with Crippen molar-refractivity contribution in [3.63, 3.8) is 0 Å². The van der Waals surface area contributed by atoms with E-state index in [1.165, 1.54) is 11.1 Å². The zero-order chi connectivity index (χ0) is 14.5. The molecule has 1 N–H and O–H groups in total. The molecule has 0 saturated heterocycles. The first-order chi connectivity index (χ1) is 9.61. The lowest BCUT2D eigenvalue weighted by atomic mass is 10.2. The van der Waals surface area contributed by atoms with Gasteiger partial charge < -0.3 is 10.2 Å². The predicted octanol–water partition coefficient (Wildman–Crippen LogP) is 3.58. The Hall–Kier alpha value is -1.87. The van der Waals surface area contributed by atoms with E-state index in [1.54, 1.807) is 0 Å². The standard InChI is InChI=1S/C17H23N3/c1-5-18-12-15-9-10-17(19-14(15)3)20(4)16-8-6-7-13(2)11-16/h6-11,18H,5,12H2,1-4H3. The Kier molecular flexibility index (Phi) is 4.74. The lowest BCUT2D eigenvalue weighted by molar-refractivity contribution is 0.720. The minimum absolute atomic E-state index is 0.879. The van der Waals surface area contributed by atoms with Crippen LogP contribution in [0.2, 0.25) is 0 Å². The average molecular weight is 269 g/mol. The number of anilines is 2. The van der Waals surface area contributed by atoms with E-state index in [0.29, 0.717) is 0 Å². The molecule has 1 aromatic heterocycles. The van der Waals surface area contributed by atoms with Gasteiger partial charge in [0.25, 0.3) is 0 Å². The van der Waals surface area contributed by atoms with Crippen molar-refractivity contribution in [3.8, 4) is 0 Å². The second kappa shape index (κ2) is 6.53. The summed E-state index contributed by atoms with van der Waals surface area (Å²) in [5, 5.41) is 3.34. The molecule has 0 fully saturated rings. The molecule has 0 aliphatic heterocycles. The van der Waals surface area contributed by atoms with Crippen molar-refractivity contribution in [2.45, 2.75) is 27.3 Å². The van der Waals surface area contributed by atoms with Gasteiger partial charge in [-0.3, -0.25) is 0 Å². The van der Waals surface area contributed by atoms with Gasteiger partial charge in [-0.15, -0.1) is 0 Å². The van der Waals surface area contributed by atoms with Gasteiger partial charge in [-0.1, -0.05) is 25.1 Å². The Bertz CT molecular complexity index is 578. The zero-order valence-electron chi connectivity index (χ0n) is 12.8. The largest absolute Gasteiger partial charge is 0.329 e. The quantitative estimate of drug-likeness (QED) is 0.899. The van der Waals surface area contributed by atoms with Crippen LogP contribution in [-0.4, -0.2) is 18.6 Å². The van der Waals surface area contributed by atoms with Crippen molar-refractivity contribution in [2.24, 2.45) is 0 Å². The molecule has 2 rings (SSSR count). The number of hydrogen-bond donors (Lipinski definition) is 1. The summed E-state index contributed by atoms with van der Waals surface area (Å²) in [5.41, 5.74) is 4.77. The molecule has 1 aromatic carbocycles. The third-order valence-electron chi connectivity index (χ3n) is 3.48. The van der Waals surface area contributed by atoms with Gasteiger partial charge in [0, 0.05) is 25.0 Å². The van der Waals surface area contributed by atoms with Crippen LogP contribution < -0.4 is 10.2 Å². The number of benzene rings is 1. The van der Waals surface area contributed by atoms with Gasteiger partial charge in [-0.05, 0) is 49.7 Å². The molecule has 3 heteroatoms. The molecule has 0 atom stereocenters. The van der Waals surface area contributed by atoms with Crippen molar-refractivity contribution in [2.75, 3.05) is 18.5 Å². The summed E-state index contributed by atoms with van der Waals surface area (Å²) in [5.74, 6) is 0.980. The Morgan fingerprint density at radius 1 is 1.15 bits per heavy atom. The Labute approximate surface area is 121 Å². The molecule has 1 heterocycles. The fourth-order valence-corrected chi connectivity index (χ4v) is 2.18. The summed E-state index contributed by atoms with van der Waals surface area (Å²) >= 11 is 0. The maximum atomic E-state index is 4.72. The molecular formula is C17H23N3. The molecule has 0 aliphatic carbocycles. The van der Waals surface area contributed by atoms with Crippen molar-refractivity contribution in [1.29, 1.82) is 0 Å². The van der Waals surface area contributed by atoms with E-state index < -0.39 is 0 Å². The van der Waals surface area contributed by atoms with Crippen LogP contribution in [0.4, 0.5) is 11.5 Å².